The maximum atomic E-state index is 11.1. The van der Waals surface area contributed by atoms with Crippen molar-refractivity contribution in [1.82, 2.24) is 4.98 Å². The lowest BCUT2D eigenvalue weighted by Crippen LogP contribution is -2.04. The first-order valence-corrected chi connectivity index (χ1v) is 6.30. The smallest absolute Gasteiger partial charge is 0.354 e. The summed E-state index contributed by atoms with van der Waals surface area (Å²) in [4.78, 5) is 15.0. The third kappa shape index (κ3) is 2.60. The molecule has 2 aromatic rings. The maximum Gasteiger partial charge on any atom is 0.354 e. The van der Waals surface area contributed by atoms with Crippen LogP contribution >= 0.6 is 23.2 Å². The van der Waals surface area contributed by atoms with Crippen molar-refractivity contribution < 1.29 is 9.90 Å². The van der Waals surface area contributed by atoms with E-state index in [0.29, 0.717) is 32.4 Å². The highest BCUT2D eigenvalue weighted by atomic mass is 35.5. The molecule has 0 unspecified atom stereocenters. The molecule has 4 nitrogen and oxygen atoms in total. The van der Waals surface area contributed by atoms with Crippen LogP contribution in [-0.2, 0) is 0 Å². The molecular formula is C14H8Cl2N2O2. The first kappa shape index (κ1) is 14.3. The number of hydrogen-bond acceptors (Lipinski definition) is 3. The van der Waals surface area contributed by atoms with Crippen molar-refractivity contribution in [2.75, 3.05) is 0 Å². The monoisotopic (exact) mass is 306 g/mol. The summed E-state index contributed by atoms with van der Waals surface area (Å²) in [5.41, 5.74) is 1.63. The number of carboxylic acid groups (broad SMARTS) is 1. The number of hydrogen-bond donors (Lipinski definition) is 1. The van der Waals surface area contributed by atoms with Crippen LogP contribution in [0.1, 0.15) is 21.7 Å². The number of halogens is 2. The molecule has 0 saturated carbocycles. The van der Waals surface area contributed by atoms with E-state index in [9.17, 15) is 10.1 Å². The van der Waals surface area contributed by atoms with Crippen LogP contribution in [0.5, 0.6) is 0 Å². The van der Waals surface area contributed by atoms with E-state index < -0.39 is 5.97 Å². The Morgan fingerprint density at radius 1 is 1.30 bits per heavy atom. The Labute approximate surface area is 125 Å². The van der Waals surface area contributed by atoms with Gasteiger partial charge in [-0.2, -0.15) is 5.26 Å². The van der Waals surface area contributed by atoms with E-state index in [-0.39, 0.29) is 5.69 Å². The number of aryl methyl sites for hydroxylation is 1. The lowest BCUT2D eigenvalue weighted by molar-refractivity contribution is 0.0690. The number of aromatic nitrogens is 1. The normalized spacial score (nSPS) is 10.1. The number of carbonyl (C=O) groups is 1. The Morgan fingerprint density at radius 3 is 2.55 bits per heavy atom. The van der Waals surface area contributed by atoms with E-state index in [4.69, 9.17) is 28.3 Å². The molecule has 6 heteroatoms. The number of benzene rings is 1. The molecule has 2 rings (SSSR count). The van der Waals surface area contributed by atoms with Gasteiger partial charge in [-0.05, 0) is 30.7 Å². The summed E-state index contributed by atoms with van der Waals surface area (Å²) in [6.07, 6.45) is 0. The fourth-order valence-corrected chi connectivity index (χ4v) is 2.11. The van der Waals surface area contributed by atoms with Crippen LogP contribution in [0.4, 0.5) is 0 Å². The van der Waals surface area contributed by atoms with Crippen molar-refractivity contribution in [2.24, 2.45) is 0 Å². The van der Waals surface area contributed by atoms with Gasteiger partial charge < -0.3 is 5.11 Å². The van der Waals surface area contributed by atoms with Crippen molar-refractivity contribution in [1.29, 1.82) is 5.26 Å². The summed E-state index contributed by atoms with van der Waals surface area (Å²) < 4.78 is 0. The highest BCUT2D eigenvalue weighted by molar-refractivity contribution is 6.42. The zero-order valence-corrected chi connectivity index (χ0v) is 11.8. The van der Waals surface area contributed by atoms with Gasteiger partial charge in [-0.25, -0.2) is 9.78 Å². The minimum Gasteiger partial charge on any atom is -0.477 e. The van der Waals surface area contributed by atoms with Gasteiger partial charge in [-0.3, -0.25) is 0 Å². The van der Waals surface area contributed by atoms with Gasteiger partial charge in [0.15, 0.2) is 0 Å². The number of nitrogens with zero attached hydrogens (tertiary/aromatic N) is 2. The molecule has 0 saturated heterocycles. The summed E-state index contributed by atoms with van der Waals surface area (Å²) in [5, 5.41) is 19.0. The van der Waals surface area contributed by atoms with Crippen LogP contribution in [0.25, 0.3) is 11.1 Å². The Kier molecular flexibility index (Phi) is 3.93. The van der Waals surface area contributed by atoms with Crippen LogP contribution in [0, 0.1) is 18.3 Å². The molecule has 0 aliphatic rings. The zero-order chi connectivity index (χ0) is 14.9. The summed E-state index contributed by atoms with van der Waals surface area (Å²) >= 11 is 11.8. The van der Waals surface area contributed by atoms with E-state index >= 15 is 0 Å². The van der Waals surface area contributed by atoms with Crippen LogP contribution in [0.15, 0.2) is 24.3 Å². The van der Waals surface area contributed by atoms with Gasteiger partial charge in [0.05, 0.1) is 21.3 Å². The number of aromatic carboxylic acids is 1. The van der Waals surface area contributed by atoms with E-state index in [2.05, 4.69) is 4.98 Å². The minimum atomic E-state index is -1.15. The van der Waals surface area contributed by atoms with Gasteiger partial charge in [0, 0.05) is 5.56 Å². The molecule has 0 amide bonds. The van der Waals surface area contributed by atoms with Crippen LogP contribution in [0.2, 0.25) is 10.0 Å². The van der Waals surface area contributed by atoms with Gasteiger partial charge in [-0.1, -0.05) is 29.3 Å². The highest BCUT2D eigenvalue weighted by Crippen LogP contribution is 2.31. The second-order valence-electron chi connectivity index (χ2n) is 4.06. The third-order valence-corrected chi connectivity index (χ3v) is 3.50. The Morgan fingerprint density at radius 2 is 2.00 bits per heavy atom. The minimum absolute atomic E-state index is 0.123. The molecule has 0 fully saturated rings. The fourth-order valence-electron chi connectivity index (χ4n) is 1.81. The molecule has 0 bridgehead atoms. The first-order valence-electron chi connectivity index (χ1n) is 5.54. The van der Waals surface area contributed by atoms with Crippen molar-refractivity contribution >= 4 is 29.2 Å². The van der Waals surface area contributed by atoms with E-state index in [1.165, 1.54) is 6.07 Å². The summed E-state index contributed by atoms with van der Waals surface area (Å²) in [6.45, 7) is 1.59. The van der Waals surface area contributed by atoms with Crippen LogP contribution < -0.4 is 0 Å². The average molecular weight is 307 g/mol. The lowest BCUT2D eigenvalue weighted by Gasteiger charge is -2.09. The molecule has 0 atom stereocenters. The lowest BCUT2D eigenvalue weighted by atomic mass is 9.99. The zero-order valence-electron chi connectivity index (χ0n) is 10.3. The van der Waals surface area contributed by atoms with Gasteiger partial charge in [-0.15, -0.1) is 0 Å². The Bertz CT molecular complexity index is 752. The van der Waals surface area contributed by atoms with E-state index in [1.54, 1.807) is 25.1 Å². The number of carboxylic acids is 1. The van der Waals surface area contributed by atoms with Crippen molar-refractivity contribution in [3.05, 3.63) is 51.3 Å². The van der Waals surface area contributed by atoms with E-state index in [0.717, 1.165) is 0 Å². The van der Waals surface area contributed by atoms with Crippen LogP contribution in [0.3, 0.4) is 0 Å². The topological polar surface area (TPSA) is 74.0 Å². The summed E-state index contributed by atoms with van der Waals surface area (Å²) in [7, 11) is 0. The van der Waals surface area contributed by atoms with Crippen molar-refractivity contribution in [2.45, 2.75) is 6.92 Å². The van der Waals surface area contributed by atoms with Gasteiger partial charge >= 0.3 is 5.97 Å². The molecule has 1 aromatic carbocycles. The predicted octanol–water partition coefficient (Wildman–Crippen LogP) is 3.93. The quantitative estimate of drug-likeness (QED) is 0.912. The SMILES string of the molecule is Cc1nc(C(=O)O)cc(-c2ccc(Cl)c(Cl)c2)c1C#N. The molecular weight excluding hydrogens is 299 g/mol. The summed E-state index contributed by atoms with van der Waals surface area (Å²) in [6, 6.07) is 8.24. The predicted molar refractivity (Wildman–Crippen MR) is 76.1 cm³/mol. The van der Waals surface area contributed by atoms with Crippen molar-refractivity contribution in [3.8, 4) is 17.2 Å². The third-order valence-electron chi connectivity index (χ3n) is 2.76. The van der Waals surface area contributed by atoms with Crippen LogP contribution in [-0.4, -0.2) is 16.1 Å². The average Bonchev–Trinajstić information content (AvgIpc) is 2.40. The maximum absolute atomic E-state index is 11.1. The Hall–Kier alpha value is -2.09. The standard InChI is InChI=1S/C14H8Cl2N2O2/c1-7-10(6-17)9(5-13(18-7)14(19)20)8-2-3-11(15)12(16)4-8/h2-5H,1H3,(H,19,20). The van der Waals surface area contributed by atoms with Gasteiger partial charge in [0.25, 0.3) is 0 Å². The molecule has 1 N–H and O–H groups in total. The number of nitriles is 1. The largest absolute Gasteiger partial charge is 0.477 e. The van der Waals surface area contributed by atoms with E-state index in [1.807, 2.05) is 6.07 Å². The van der Waals surface area contributed by atoms with Gasteiger partial charge in [0.2, 0.25) is 0 Å². The van der Waals surface area contributed by atoms with Gasteiger partial charge in [0.1, 0.15) is 11.8 Å². The molecule has 20 heavy (non-hydrogen) atoms. The fraction of sp³-hybridized carbons (Fsp3) is 0.0714. The number of pyridine rings is 1. The molecule has 0 radical (unpaired) electrons. The Balaban J connectivity index is 2.74. The van der Waals surface area contributed by atoms with Crippen molar-refractivity contribution in [3.63, 3.8) is 0 Å². The molecule has 1 aromatic heterocycles. The summed E-state index contributed by atoms with van der Waals surface area (Å²) in [5.74, 6) is -1.15. The molecule has 0 aliphatic carbocycles. The first-order chi connectivity index (χ1) is 9.43. The second kappa shape index (κ2) is 5.49. The highest BCUT2D eigenvalue weighted by Gasteiger charge is 2.15. The molecule has 0 aliphatic heterocycles. The molecule has 100 valence electrons. The molecule has 0 spiro atoms. The second-order valence-corrected chi connectivity index (χ2v) is 4.88. The number of rotatable bonds is 2. The molecule has 1 heterocycles.